The van der Waals surface area contributed by atoms with Crippen LogP contribution < -0.4 is 0 Å². The number of nitrogens with one attached hydrogen (secondary N) is 4. The molecule has 0 bridgehead atoms. The molecule has 4 N–H and O–H groups in total. The Kier molecular flexibility index (Phi) is 18.3. The van der Waals surface area contributed by atoms with Crippen LogP contribution in [0.1, 0.15) is 0 Å². The van der Waals surface area contributed by atoms with Gasteiger partial charge in [0.1, 0.15) is 0 Å². The summed E-state index contributed by atoms with van der Waals surface area (Å²) in [6.45, 7) is 0. The maximum atomic E-state index is 4.83. The summed E-state index contributed by atoms with van der Waals surface area (Å²) in [7, 11) is 9.67. The molecule has 0 atom stereocenters. The van der Waals surface area contributed by atoms with Crippen molar-refractivity contribution < 1.29 is 15.1 Å². The fourth-order valence-corrected chi connectivity index (χ4v) is 0.861. The second kappa shape index (κ2) is 20.0. The normalized spacial score (nSPS) is 7.91. The van der Waals surface area contributed by atoms with Crippen LogP contribution in [0.3, 0.4) is 0 Å². The first-order valence-corrected chi connectivity index (χ1v) is 10.2. The first-order valence-electron chi connectivity index (χ1n) is 6.00. The SMILES string of the molecule is [Cl][Rh][Cl].c1cn[nH]c1.c1cn[nH]c1.c1cn[nH]c1.c1cn[nH]c1. The van der Waals surface area contributed by atoms with E-state index in [-0.39, 0.29) is 15.1 Å². The minimum atomic E-state index is -0.226. The zero-order valence-electron chi connectivity index (χ0n) is 11.8. The standard InChI is InChI=1S/4C3H4N2.2ClH.Rh/c4*1-2-4-5-3-1;;;/h4*1-3H,(H,4,5);2*1H;/q;;;;;;+2/p-2. The Balaban J connectivity index is 0.000000266. The summed E-state index contributed by atoms with van der Waals surface area (Å²) in [4.78, 5) is 0. The van der Waals surface area contributed by atoms with Crippen LogP contribution in [0.5, 0.6) is 0 Å². The van der Waals surface area contributed by atoms with E-state index in [1.54, 1.807) is 49.6 Å². The molecule has 0 saturated heterocycles. The van der Waals surface area contributed by atoms with Crippen molar-refractivity contribution in [1.82, 2.24) is 40.8 Å². The zero-order chi connectivity index (χ0) is 16.8. The molecular weight excluding hydrogens is 430 g/mol. The average Bonchev–Trinajstić information content (AvgIpc) is 3.47. The van der Waals surface area contributed by atoms with Gasteiger partial charge in [0.2, 0.25) is 0 Å². The number of nitrogens with zero attached hydrogens (tertiary/aromatic N) is 4. The Labute approximate surface area is 149 Å². The molecule has 0 amide bonds. The minimum absolute atomic E-state index is 0.226. The molecule has 0 saturated carbocycles. The van der Waals surface area contributed by atoms with Gasteiger partial charge < -0.3 is 0 Å². The predicted octanol–water partition coefficient (Wildman–Crippen LogP) is 3.02. The van der Waals surface area contributed by atoms with Gasteiger partial charge in [0, 0.05) is 49.6 Å². The molecule has 23 heavy (non-hydrogen) atoms. The maximum Gasteiger partial charge on any atom is 0.0487 e. The van der Waals surface area contributed by atoms with Gasteiger partial charge in [-0.3, -0.25) is 20.4 Å². The van der Waals surface area contributed by atoms with E-state index in [0.29, 0.717) is 0 Å². The van der Waals surface area contributed by atoms with Gasteiger partial charge in [-0.25, -0.2) is 0 Å². The molecule has 11 heteroatoms. The minimum Gasteiger partial charge on any atom is -0.286 e. The third-order valence-corrected chi connectivity index (χ3v) is 1.62. The van der Waals surface area contributed by atoms with Gasteiger partial charge in [-0.05, 0) is 24.3 Å². The second-order valence-corrected chi connectivity index (χ2v) is 5.60. The largest absolute Gasteiger partial charge is 0.286 e. The van der Waals surface area contributed by atoms with Crippen LogP contribution in [0.25, 0.3) is 0 Å². The van der Waals surface area contributed by atoms with E-state index in [2.05, 4.69) is 40.8 Å². The van der Waals surface area contributed by atoms with Crippen molar-refractivity contribution in [3.8, 4) is 0 Å². The van der Waals surface area contributed by atoms with Gasteiger partial charge in [-0.15, -0.1) is 0 Å². The Hall–Kier alpha value is -1.96. The molecule has 0 spiro atoms. The molecule has 0 aromatic carbocycles. The van der Waals surface area contributed by atoms with Crippen molar-refractivity contribution in [3.05, 3.63) is 73.8 Å². The monoisotopic (exact) mass is 445 g/mol. The molecule has 0 radical (unpaired) electrons. The second-order valence-electron chi connectivity index (χ2n) is 3.11. The van der Waals surface area contributed by atoms with Crippen molar-refractivity contribution in [1.29, 1.82) is 0 Å². The van der Waals surface area contributed by atoms with Crippen LogP contribution in [-0.4, -0.2) is 40.8 Å². The van der Waals surface area contributed by atoms with Crippen LogP contribution in [0.4, 0.5) is 0 Å². The quantitative estimate of drug-likeness (QED) is 0.311. The van der Waals surface area contributed by atoms with E-state index in [4.69, 9.17) is 19.4 Å². The van der Waals surface area contributed by atoms with Crippen LogP contribution >= 0.6 is 19.4 Å². The van der Waals surface area contributed by atoms with Gasteiger partial charge in [0.25, 0.3) is 0 Å². The molecule has 0 aliphatic rings. The molecule has 0 aliphatic carbocycles. The van der Waals surface area contributed by atoms with Gasteiger partial charge in [0.15, 0.2) is 0 Å². The van der Waals surface area contributed by atoms with Crippen molar-refractivity contribution in [3.63, 3.8) is 0 Å². The van der Waals surface area contributed by atoms with Gasteiger partial charge in [-0.2, -0.15) is 20.4 Å². The first kappa shape index (κ1) is 21.0. The van der Waals surface area contributed by atoms with Crippen molar-refractivity contribution in [2.24, 2.45) is 0 Å². The summed E-state index contributed by atoms with van der Waals surface area (Å²) in [5.41, 5.74) is 0. The number of H-pyrrole nitrogens is 4. The molecule has 127 valence electrons. The number of hydrogen-bond acceptors (Lipinski definition) is 4. The number of hydrogen-bond donors (Lipinski definition) is 4. The average molecular weight is 446 g/mol. The van der Waals surface area contributed by atoms with Crippen LogP contribution in [-0.2, 0) is 15.1 Å². The number of aromatic nitrogens is 8. The molecule has 0 unspecified atom stereocenters. The molecule has 0 aliphatic heterocycles. The molecule has 0 fully saturated rings. The summed E-state index contributed by atoms with van der Waals surface area (Å²) in [6, 6.07) is 7.33. The summed E-state index contributed by atoms with van der Waals surface area (Å²) in [5.74, 6) is 0. The molecular formula is C12H16Cl2N8Rh. The van der Waals surface area contributed by atoms with Gasteiger partial charge in [-0.1, -0.05) is 0 Å². The Morgan fingerprint density at radius 2 is 0.739 bits per heavy atom. The fraction of sp³-hybridized carbons (Fsp3) is 0. The maximum absolute atomic E-state index is 4.83. The summed E-state index contributed by atoms with van der Waals surface area (Å²) < 4.78 is 0. The van der Waals surface area contributed by atoms with E-state index in [1.165, 1.54) is 0 Å². The molecule has 4 heterocycles. The molecule has 8 nitrogen and oxygen atoms in total. The van der Waals surface area contributed by atoms with E-state index < -0.39 is 0 Å². The zero-order valence-corrected chi connectivity index (χ0v) is 15.0. The summed E-state index contributed by atoms with van der Waals surface area (Å²) in [5, 5.41) is 24.8. The van der Waals surface area contributed by atoms with Crippen molar-refractivity contribution >= 4 is 19.4 Å². The van der Waals surface area contributed by atoms with Gasteiger partial charge >= 0.3 is 34.5 Å². The predicted molar refractivity (Wildman–Crippen MR) is 86.1 cm³/mol. The van der Waals surface area contributed by atoms with Crippen molar-refractivity contribution in [2.75, 3.05) is 0 Å². The molecule has 4 aromatic rings. The van der Waals surface area contributed by atoms with Crippen LogP contribution in [0.15, 0.2) is 73.8 Å². The molecule has 4 aromatic heterocycles. The fourth-order valence-electron chi connectivity index (χ4n) is 0.861. The first-order chi connectivity index (χ1) is 11.4. The molecule has 4 rings (SSSR count). The smallest absolute Gasteiger partial charge is 0.0487 e. The van der Waals surface area contributed by atoms with E-state index >= 15 is 0 Å². The summed E-state index contributed by atoms with van der Waals surface area (Å²) >= 11 is -0.226. The number of halogens is 2. The third-order valence-electron chi connectivity index (χ3n) is 1.62. The Morgan fingerprint density at radius 3 is 0.783 bits per heavy atom. The topological polar surface area (TPSA) is 115 Å². The Morgan fingerprint density at radius 1 is 0.522 bits per heavy atom. The summed E-state index contributed by atoms with van der Waals surface area (Å²) in [6.07, 6.45) is 13.8. The third kappa shape index (κ3) is 20.0. The number of rotatable bonds is 0. The van der Waals surface area contributed by atoms with Gasteiger partial charge in [0.05, 0.1) is 0 Å². The number of aromatic amines is 4. The van der Waals surface area contributed by atoms with Crippen molar-refractivity contribution in [2.45, 2.75) is 0 Å². The van der Waals surface area contributed by atoms with E-state index in [9.17, 15) is 0 Å². The van der Waals surface area contributed by atoms with Crippen LogP contribution in [0, 0.1) is 0 Å². The van der Waals surface area contributed by atoms with E-state index in [1.807, 2.05) is 24.3 Å². The van der Waals surface area contributed by atoms with E-state index in [0.717, 1.165) is 0 Å². The van der Waals surface area contributed by atoms with Crippen LogP contribution in [0.2, 0.25) is 0 Å². The Bertz CT molecular complexity index is 380.